The number of hydrogen-bond donors (Lipinski definition) is 1. The van der Waals surface area contributed by atoms with Gasteiger partial charge in [0.15, 0.2) is 0 Å². The second-order valence-corrected chi connectivity index (χ2v) is 5.60. The minimum atomic E-state index is -0.535. The van der Waals surface area contributed by atoms with Crippen molar-refractivity contribution in [2.24, 2.45) is 7.05 Å². The average Bonchev–Trinajstić information content (AvgIpc) is 2.80. The summed E-state index contributed by atoms with van der Waals surface area (Å²) in [5.74, 6) is -1.07. The number of aromatic nitrogens is 2. The van der Waals surface area contributed by atoms with Crippen molar-refractivity contribution in [2.45, 2.75) is 29.7 Å². The van der Waals surface area contributed by atoms with E-state index in [0.29, 0.717) is 17.0 Å². The first kappa shape index (κ1) is 15.0. The van der Waals surface area contributed by atoms with Gasteiger partial charge in [-0.2, -0.15) is 5.10 Å². The minimum Gasteiger partial charge on any atom is -0.313 e. The minimum absolute atomic E-state index is 0.0113. The van der Waals surface area contributed by atoms with Gasteiger partial charge < -0.3 is 5.32 Å². The van der Waals surface area contributed by atoms with Gasteiger partial charge in [-0.1, -0.05) is 18.7 Å². The first-order chi connectivity index (χ1) is 9.60. The topological polar surface area (TPSA) is 29.9 Å². The highest BCUT2D eigenvalue weighted by molar-refractivity contribution is 7.99. The Hall–Kier alpha value is -1.40. The molecule has 0 amide bonds. The molecule has 0 fully saturated rings. The van der Waals surface area contributed by atoms with Crippen LogP contribution in [0.15, 0.2) is 34.3 Å². The van der Waals surface area contributed by atoms with Crippen molar-refractivity contribution in [3.63, 3.8) is 0 Å². The van der Waals surface area contributed by atoms with Crippen LogP contribution in [0.3, 0.4) is 0 Å². The van der Waals surface area contributed by atoms with Crippen LogP contribution in [0.1, 0.15) is 18.9 Å². The maximum absolute atomic E-state index is 14.0. The van der Waals surface area contributed by atoms with Crippen LogP contribution in [-0.4, -0.2) is 16.3 Å². The van der Waals surface area contributed by atoms with Crippen molar-refractivity contribution >= 4 is 11.8 Å². The molecule has 0 radical (unpaired) electrons. The van der Waals surface area contributed by atoms with Gasteiger partial charge in [0.1, 0.15) is 11.6 Å². The molecule has 2 aromatic rings. The average molecular weight is 297 g/mol. The molecule has 20 heavy (non-hydrogen) atoms. The maximum Gasteiger partial charge on any atom is 0.140 e. The number of halogens is 2. The van der Waals surface area contributed by atoms with Gasteiger partial charge in [0.25, 0.3) is 0 Å². The lowest BCUT2D eigenvalue weighted by Crippen LogP contribution is -2.14. The number of aryl methyl sites for hydroxylation is 1. The lowest BCUT2D eigenvalue weighted by atomic mass is 10.2. The molecule has 1 heterocycles. The molecule has 0 saturated heterocycles. The zero-order valence-corrected chi connectivity index (χ0v) is 12.3. The Bertz CT molecular complexity index is 561. The van der Waals surface area contributed by atoms with Gasteiger partial charge in [-0.3, -0.25) is 4.68 Å². The van der Waals surface area contributed by atoms with Crippen LogP contribution in [-0.2, 0) is 13.6 Å². The normalized spacial score (nSPS) is 11.0. The highest BCUT2D eigenvalue weighted by atomic mass is 32.2. The van der Waals surface area contributed by atoms with Crippen molar-refractivity contribution < 1.29 is 8.78 Å². The van der Waals surface area contributed by atoms with Crippen LogP contribution in [0.25, 0.3) is 0 Å². The summed E-state index contributed by atoms with van der Waals surface area (Å²) in [7, 11) is 1.76. The molecule has 0 unspecified atom stereocenters. The molecule has 1 aromatic carbocycles. The van der Waals surface area contributed by atoms with Crippen LogP contribution in [0.5, 0.6) is 0 Å². The highest BCUT2D eigenvalue weighted by Gasteiger charge is 2.13. The summed E-state index contributed by atoms with van der Waals surface area (Å²) in [6.45, 7) is 3.34. The second-order valence-electron chi connectivity index (χ2n) is 4.52. The van der Waals surface area contributed by atoms with Crippen LogP contribution in [0.2, 0.25) is 0 Å². The van der Waals surface area contributed by atoms with Crippen molar-refractivity contribution in [1.29, 1.82) is 0 Å². The summed E-state index contributed by atoms with van der Waals surface area (Å²) < 4.78 is 29.6. The summed E-state index contributed by atoms with van der Waals surface area (Å²) in [5, 5.41) is 7.11. The van der Waals surface area contributed by atoms with Crippen LogP contribution in [0, 0.1) is 11.6 Å². The predicted molar refractivity (Wildman–Crippen MR) is 75.7 cm³/mol. The van der Waals surface area contributed by atoms with E-state index in [9.17, 15) is 8.78 Å². The summed E-state index contributed by atoms with van der Waals surface area (Å²) in [4.78, 5) is 0.722. The van der Waals surface area contributed by atoms with Gasteiger partial charge in [-0.05, 0) is 30.7 Å². The van der Waals surface area contributed by atoms with E-state index in [-0.39, 0.29) is 4.90 Å². The van der Waals surface area contributed by atoms with E-state index >= 15 is 0 Å². The Labute approximate surface area is 121 Å². The standard InChI is InChI=1S/C14H17F2N3S/c1-3-4-17-7-10-5-12(15)14(13(16)6-10)20-11-8-18-19(2)9-11/h5-6,8-9,17H,3-4,7H2,1-2H3. The van der Waals surface area contributed by atoms with E-state index in [0.717, 1.165) is 24.7 Å². The first-order valence-electron chi connectivity index (χ1n) is 6.45. The molecule has 2 rings (SSSR count). The molecule has 0 aliphatic carbocycles. The highest BCUT2D eigenvalue weighted by Crippen LogP contribution is 2.32. The van der Waals surface area contributed by atoms with Gasteiger partial charge in [0.05, 0.1) is 16.0 Å². The number of nitrogens with zero attached hydrogens (tertiary/aromatic N) is 2. The monoisotopic (exact) mass is 297 g/mol. The molecule has 0 spiro atoms. The van der Waals surface area contributed by atoms with Gasteiger partial charge >= 0.3 is 0 Å². The number of nitrogens with one attached hydrogen (secondary N) is 1. The summed E-state index contributed by atoms with van der Waals surface area (Å²) >= 11 is 1.04. The summed E-state index contributed by atoms with van der Waals surface area (Å²) in [6, 6.07) is 2.76. The number of rotatable bonds is 6. The zero-order chi connectivity index (χ0) is 14.5. The largest absolute Gasteiger partial charge is 0.313 e. The fourth-order valence-electron chi connectivity index (χ4n) is 1.79. The fraction of sp³-hybridized carbons (Fsp3) is 0.357. The lowest BCUT2D eigenvalue weighted by molar-refractivity contribution is 0.534. The van der Waals surface area contributed by atoms with Gasteiger partial charge in [-0.15, -0.1) is 0 Å². The van der Waals surface area contributed by atoms with E-state index in [1.165, 1.54) is 12.1 Å². The Morgan fingerprint density at radius 2 is 2.00 bits per heavy atom. The molecule has 1 N–H and O–H groups in total. The molecule has 6 heteroatoms. The van der Waals surface area contributed by atoms with E-state index in [1.54, 1.807) is 24.1 Å². The van der Waals surface area contributed by atoms with Crippen LogP contribution in [0.4, 0.5) is 8.78 Å². The maximum atomic E-state index is 14.0. The SMILES string of the molecule is CCCNCc1cc(F)c(Sc2cnn(C)c2)c(F)c1. The molecular weight excluding hydrogens is 280 g/mol. The number of hydrogen-bond acceptors (Lipinski definition) is 3. The van der Waals surface area contributed by atoms with E-state index in [4.69, 9.17) is 0 Å². The predicted octanol–water partition coefficient (Wildman–Crippen LogP) is 3.35. The summed E-state index contributed by atoms with van der Waals surface area (Å²) in [6.07, 6.45) is 4.29. The fourth-order valence-corrected chi connectivity index (χ4v) is 2.64. The van der Waals surface area contributed by atoms with Crippen molar-refractivity contribution in [2.75, 3.05) is 6.54 Å². The molecule has 0 aliphatic rings. The molecular formula is C14H17F2N3S. The molecule has 1 aromatic heterocycles. The van der Waals surface area contributed by atoms with E-state index in [2.05, 4.69) is 10.4 Å². The quantitative estimate of drug-likeness (QED) is 0.829. The summed E-state index contributed by atoms with van der Waals surface area (Å²) in [5.41, 5.74) is 0.615. The second kappa shape index (κ2) is 6.85. The lowest BCUT2D eigenvalue weighted by Gasteiger charge is -2.08. The Morgan fingerprint density at radius 3 is 2.55 bits per heavy atom. The van der Waals surface area contributed by atoms with Crippen LogP contribution >= 0.6 is 11.8 Å². The number of benzene rings is 1. The molecule has 0 saturated carbocycles. The molecule has 0 bridgehead atoms. The molecule has 0 aliphatic heterocycles. The van der Waals surface area contributed by atoms with E-state index < -0.39 is 11.6 Å². The van der Waals surface area contributed by atoms with Crippen molar-refractivity contribution in [3.8, 4) is 0 Å². The van der Waals surface area contributed by atoms with Gasteiger partial charge in [-0.25, -0.2) is 8.78 Å². The third kappa shape index (κ3) is 3.80. The molecule has 3 nitrogen and oxygen atoms in total. The van der Waals surface area contributed by atoms with Gasteiger partial charge in [0.2, 0.25) is 0 Å². The Balaban J connectivity index is 2.14. The van der Waals surface area contributed by atoms with Crippen LogP contribution < -0.4 is 5.32 Å². The third-order valence-electron chi connectivity index (χ3n) is 2.72. The van der Waals surface area contributed by atoms with Crippen molar-refractivity contribution in [3.05, 3.63) is 41.7 Å². The third-order valence-corrected chi connectivity index (χ3v) is 3.76. The Morgan fingerprint density at radius 1 is 1.30 bits per heavy atom. The molecule has 0 atom stereocenters. The smallest absolute Gasteiger partial charge is 0.140 e. The zero-order valence-electron chi connectivity index (χ0n) is 11.5. The van der Waals surface area contributed by atoms with Crippen molar-refractivity contribution in [1.82, 2.24) is 15.1 Å². The molecule has 108 valence electrons. The Kier molecular flexibility index (Phi) is 5.14. The first-order valence-corrected chi connectivity index (χ1v) is 7.27. The van der Waals surface area contributed by atoms with Gasteiger partial charge in [0, 0.05) is 19.8 Å². The van der Waals surface area contributed by atoms with E-state index in [1.807, 2.05) is 6.92 Å².